The fourth-order valence-electron chi connectivity index (χ4n) is 5.18. The van der Waals surface area contributed by atoms with Crippen molar-refractivity contribution in [1.82, 2.24) is 19.8 Å². The van der Waals surface area contributed by atoms with Crippen LogP contribution in [0, 0.1) is 6.92 Å². The molecule has 9 heteroatoms. The van der Waals surface area contributed by atoms with Crippen LogP contribution in [0.1, 0.15) is 23.4 Å². The van der Waals surface area contributed by atoms with Crippen molar-refractivity contribution in [2.24, 2.45) is 0 Å². The van der Waals surface area contributed by atoms with Crippen molar-refractivity contribution in [2.45, 2.75) is 56.2 Å². The van der Waals surface area contributed by atoms with Gasteiger partial charge in [-0.2, -0.15) is 0 Å². The van der Waals surface area contributed by atoms with Gasteiger partial charge in [-0.3, -0.25) is 9.59 Å². The van der Waals surface area contributed by atoms with Crippen molar-refractivity contribution < 1.29 is 19.8 Å². The molecule has 1 aliphatic heterocycles. The molecule has 2 amide bonds. The van der Waals surface area contributed by atoms with E-state index < -0.39 is 24.0 Å². The molecule has 1 aromatic heterocycles. The van der Waals surface area contributed by atoms with E-state index >= 15 is 0 Å². The first kappa shape index (κ1) is 25.5. The van der Waals surface area contributed by atoms with E-state index in [9.17, 15) is 19.8 Å². The predicted octanol–water partition coefficient (Wildman–Crippen LogP) is 2.20. The third kappa shape index (κ3) is 5.30. The van der Waals surface area contributed by atoms with Gasteiger partial charge in [-0.05, 0) is 49.4 Å². The largest absolute Gasteiger partial charge is 0.380 e. The summed E-state index contributed by atoms with van der Waals surface area (Å²) in [5.41, 5.74) is 4.44. The van der Waals surface area contributed by atoms with Gasteiger partial charge in [0, 0.05) is 36.3 Å². The molecule has 0 radical (unpaired) electrons. The van der Waals surface area contributed by atoms with Crippen molar-refractivity contribution in [3.63, 3.8) is 0 Å². The number of benzene rings is 2. The lowest BCUT2D eigenvalue weighted by Gasteiger charge is -2.28. The highest BCUT2D eigenvalue weighted by Gasteiger charge is 2.36. The molecule has 2 aliphatic rings. The van der Waals surface area contributed by atoms with Crippen LogP contribution in [0.3, 0.4) is 0 Å². The monoisotopic (exact) mass is 520 g/mol. The number of likely N-dealkylation sites (N-methyl/N-ethyl adjacent to an activating group) is 1. The van der Waals surface area contributed by atoms with E-state index in [-0.39, 0.29) is 12.6 Å². The van der Waals surface area contributed by atoms with Gasteiger partial charge in [0.1, 0.15) is 5.82 Å². The van der Waals surface area contributed by atoms with Crippen molar-refractivity contribution in [2.75, 3.05) is 13.6 Å². The number of aliphatic hydroxyl groups is 2. The molecule has 0 fully saturated rings. The van der Waals surface area contributed by atoms with Gasteiger partial charge in [-0.1, -0.05) is 42.5 Å². The molecule has 2 aromatic carbocycles. The zero-order valence-electron chi connectivity index (χ0n) is 21.0. The summed E-state index contributed by atoms with van der Waals surface area (Å²) in [6.45, 7) is 3.05. The Hall–Kier alpha value is -3.14. The SMILES string of the molecule is Cc1nc2ccccc2n1CC1CC=C(CNC(=O)[C@H](O)[C@@H](O)C(=O)N(C)C2Cc3ccccc3C2)S1. The molecule has 194 valence electrons. The minimum absolute atomic E-state index is 0.108. The van der Waals surface area contributed by atoms with Gasteiger partial charge >= 0.3 is 0 Å². The molecule has 2 heterocycles. The lowest BCUT2D eigenvalue weighted by atomic mass is 10.1. The number of imidazole rings is 1. The quantitative estimate of drug-likeness (QED) is 0.420. The fraction of sp³-hybridized carbons (Fsp3) is 0.393. The number of hydrogen-bond donors (Lipinski definition) is 3. The number of allylic oxidation sites excluding steroid dienone is 1. The molecule has 3 N–H and O–H groups in total. The number of fused-ring (bicyclic) bond motifs is 2. The number of para-hydroxylation sites is 2. The lowest BCUT2D eigenvalue weighted by molar-refractivity contribution is -0.153. The van der Waals surface area contributed by atoms with E-state index in [2.05, 4.69) is 27.0 Å². The summed E-state index contributed by atoms with van der Waals surface area (Å²) in [6, 6.07) is 16.0. The summed E-state index contributed by atoms with van der Waals surface area (Å²) in [5, 5.41) is 23.9. The molecule has 0 bridgehead atoms. The average molecular weight is 521 g/mol. The number of nitrogens with zero attached hydrogens (tertiary/aromatic N) is 3. The smallest absolute Gasteiger partial charge is 0.254 e. The number of amides is 2. The lowest BCUT2D eigenvalue weighted by Crippen LogP contribution is -2.52. The fourth-order valence-corrected chi connectivity index (χ4v) is 6.38. The standard InChI is InChI=1S/C28H32N4O4S/c1-17-30-23-9-5-6-10-24(23)32(17)16-22-12-11-21(37-22)15-29-27(35)25(33)26(34)28(36)31(2)20-13-18-7-3-4-8-19(18)14-20/h3-11,20,22,25-26,33-34H,12-16H2,1-2H3,(H,29,35)/t22?,25-,26-/m1/s1. The van der Waals surface area contributed by atoms with E-state index in [1.54, 1.807) is 18.8 Å². The summed E-state index contributed by atoms with van der Waals surface area (Å²) >= 11 is 1.69. The first-order chi connectivity index (χ1) is 17.8. The van der Waals surface area contributed by atoms with Crippen LogP contribution in [0.15, 0.2) is 59.5 Å². The Bertz CT molecular complexity index is 1330. The number of carbonyl (C=O) groups is 2. The van der Waals surface area contributed by atoms with Crippen molar-refractivity contribution >= 4 is 34.6 Å². The number of rotatable bonds is 8. The van der Waals surface area contributed by atoms with Gasteiger partial charge < -0.3 is 25.0 Å². The number of thioether (sulfide) groups is 1. The molecule has 0 saturated heterocycles. The summed E-state index contributed by atoms with van der Waals surface area (Å²) in [4.78, 5) is 32.4. The van der Waals surface area contributed by atoms with Crippen LogP contribution < -0.4 is 5.32 Å². The highest BCUT2D eigenvalue weighted by Crippen LogP contribution is 2.34. The maximum absolute atomic E-state index is 12.8. The molecule has 0 saturated carbocycles. The molecule has 3 aromatic rings. The first-order valence-electron chi connectivity index (χ1n) is 12.6. The highest BCUT2D eigenvalue weighted by molar-refractivity contribution is 8.03. The highest BCUT2D eigenvalue weighted by atomic mass is 32.2. The topological polar surface area (TPSA) is 108 Å². The molecule has 3 atom stereocenters. The second kappa shape index (κ2) is 10.7. The number of aryl methyl sites for hydroxylation is 1. The van der Waals surface area contributed by atoms with Crippen LogP contribution >= 0.6 is 11.8 Å². The second-order valence-corrected chi connectivity index (χ2v) is 11.2. The van der Waals surface area contributed by atoms with Crippen LogP contribution in [0.2, 0.25) is 0 Å². The third-order valence-corrected chi connectivity index (χ3v) is 8.63. The van der Waals surface area contributed by atoms with E-state index in [1.807, 2.05) is 49.4 Å². The minimum atomic E-state index is -1.83. The van der Waals surface area contributed by atoms with Crippen LogP contribution in [0.25, 0.3) is 11.0 Å². The van der Waals surface area contributed by atoms with Crippen LogP contribution in [0.5, 0.6) is 0 Å². The van der Waals surface area contributed by atoms with Crippen LogP contribution in [-0.2, 0) is 29.0 Å². The Labute approximate surface area is 220 Å². The number of aromatic nitrogens is 2. The van der Waals surface area contributed by atoms with Gasteiger partial charge in [0.2, 0.25) is 0 Å². The molecule has 5 rings (SSSR count). The van der Waals surface area contributed by atoms with E-state index in [0.29, 0.717) is 18.1 Å². The molecular weight excluding hydrogens is 488 g/mol. The summed E-state index contributed by atoms with van der Waals surface area (Å²) in [5.74, 6) is -0.444. The van der Waals surface area contributed by atoms with E-state index in [4.69, 9.17) is 0 Å². The maximum Gasteiger partial charge on any atom is 0.254 e. The zero-order chi connectivity index (χ0) is 26.1. The number of carbonyl (C=O) groups excluding carboxylic acids is 2. The Balaban J connectivity index is 1.10. The zero-order valence-corrected chi connectivity index (χ0v) is 21.8. The molecule has 8 nitrogen and oxygen atoms in total. The molecule has 37 heavy (non-hydrogen) atoms. The minimum Gasteiger partial charge on any atom is -0.380 e. The molecular formula is C28H32N4O4S. The second-order valence-electron chi connectivity index (χ2n) is 9.79. The van der Waals surface area contributed by atoms with E-state index in [0.717, 1.165) is 34.7 Å². The summed E-state index contributed by atoms with van der Waals surface area (Å²) < 4.78 is 2.22. The average Bonchev–Trinajstić information content (AvgIpc) is 3.63. The van der Waals surface area contributed by atoms with Gasteiger partial charge in [-0.25, -0.2) is 4.98 Å². The van der Waals surface area contributed by atoms with Gasteiger partial charge in [-0.15, -0.1) is 11.8 Å². The first-order valence-corrected chi connectivity index (χ1v) is 13.4. The van der Waals surface area contributed by atoms with Crippen molar-refractivity contribution in [1.29, 1.82) is 0 Å². The maximum atomic E-state index is 12.8. The van der Waals surface area contributed by atoms with Crippen LogP contribution in [-0.4, -0.2) is 73.6 Å². The number of nitrogens with one attached hydrogen (secondary N) is 1. The Kier molecular flexibility index (Phi) is 7.37. The Morgan fingerprint density at radius 3 is 2.51 bits per heavy atom. The third-order valence-electron chi connectivity index (χ3n) is 7.34. The molecule has 0 spiro atoms. The number of hydrogen-bond acceptors (Lipinski definition) is 6. The summed E-state index contributed by atoms with van der Waals surface area (Å²) in [7, 11) is 1.61. The predicted molar refractivity (Wildman–Crippen MR) is 144 cm³/mol. The van der Waals surface area contributed by atoms with Gasteiger partial charge in [0.05, 0.1) is 11.0 Å². The van der Waals surface area contributed by atoms with Gasteiger partial charge in [0.15, 0.2) is 12.2 Å². The van der Waals surface area contributed by atoms with Crippen molar-refractivity contribution in [3.8, 4) is 0 Å². The van der Waals surface area contributed by atoms with E-state index in [1.165, 1.54) is 16.0 Å². The van der Waals surface area contributed by atoms with Crippen molar-refractivity contribution in [3.05, 3.63) is 76.5 Å². The Morgan fingerprint density at radius 1 is 1.11 bits per heavy atom. The summed E-state index contributed by atoms with van der Waals surface area (Å²) in [6.07, 6.45) is 0.678. The van der Waals surface area contributed by atoms with Gasteiger partial charge in [0.25, 0.3) is 11.8 Å². The normalized spacial score (nSPS) is 18.9. The van der Waals surface area contributed by atoms with Crippen LogP contribution in [0.4, 0.5) is 0 Å². The Morgan fingerprint density at radius 2 is 1.78 bits per heavy atom. The molecule has 1 unspecified atom stereocenters. The number of aliphatic hydroxyl groups excluding tert-OH is 2. The molecule has 1 aliphatic carbocycles.